The Hall–Kier alpha value is -2.62. The molecule has 30 heavy (non-hydrogen) atoms. The van der Waals surface area contributed by atoms with E-state index in [2.05, 4.69) is 14.6 Å². The Morgan fingerprint density at radius 2 is 1.93 bits per heavy atom. The summed E-state index contributed by atoms with van der Waals surface area (Å²) in [4.78, 5) is 20.7. The van der Waals surface area contributed by atoms with Gasteiger partial charge in [0.25, 0.3) is 0 Å². The quantitative estimate of drug-likeness (QED) is 0.677. The topological polar surface area (TPSA) is 91.8 Å². The number of hydrogen-bond acceptors (Lipinski definition) is 6. The number of hydrogen-bond donors (Lipinski definition) is 1. The number of carbonyl (C=O) groups is 1. The summed E-state index contributed by atoms with van der Waals surface area (Å²) in [6, 6.07) is 8.38. The second-order valence-corrected chi connectivity index (χ2v) is 8.89. The maximum Gasteiger partial charge on any atom is 0.246 e. The molecular weight excluding hydrogens is 428 g/mol. The van der Waals surface area contributed by atoms with E-state index < -0.39 is 10.0 Å². The fourth-order valence-corrected chi connectivity index (χ4v) is 4.14. The minimum atomic E-state index is -3.68. The molecule has 10 heteroatoms. The van der Waals surface area contributed by atoms with Crippen molar-refractivity contribution in [2.75, 3.05) is 45.2 Å². The Bertz CT molecular complexity index is 1030. The number of sulfonamides is 1. The molecule has 0 aliphatic carbocycles. The van der Waals surface area contributed by atoms with Crippen molar-refractivity contribution in [2.24, 2.45) is 0 Å². The molecule has 1 amide bonds. The summed E-state index contributed by atoms with van der Waals surface area (Å²) in [6.07, 6.45) is 4.66. The number of amides is 1. The highest BCUT2D eigenvalue weighted by atomic mass is 35.5. The van der Waals surface area contributed by atoms with Crippen LogP contribution >= 0.6 is 11.6 Å². The molecule has 8 nitrogen and oxygen atoms in total. The van der Waals surface area contributed by atoms with Gasteiger partial charge in [-0.1, -0.05) is 17.7 Å². The van der Waals surface area contributed by atoms with Gasteiger partial charge in [-0.05, 0) is 43.0 Å². The van der Waals surface area contributed by atoms with Crippen LogP contribution in [-0.2, 0) is 14.8 Å². The minimum Gasteiger partial charge on any atom is -0.495 e. The number of nitrogens with zero attached hydrogens (tertiary/aromatic N) is 3. The Labute approximate surface area is 181 Å². The van der Waals surface area contributed by atoms with E-state index >= 15 is 0 Å². The second-order valence-electron chi connectivity index (χ2n) is 6.60. The van der Waals surface area contributed by atoms with Gasteiger partial charge in [0.1, 0.15) is 16.5 Å². The van der Waals surface area contributed by atoms with Crippen molar-refractivity contribution < 1.29 is 17.9 Å². The van der Waals surface area contributed by atoms with Gasteiger partial charge in [0.2, 0.25) is 15.9 Å². The molecule has 1 aromatic carbocycles. The number of halogens is 1. The molecule has 0 atom stereocenters. The van der Waals surface area contributed by atoms with Crippen LogP contribution in [0.1, 0.15) is 5.56 Å². The van der Waals surface area contributed by atoms with Gasteiger partial charge in [-0.3, -0.25) is 4.79 Å². The summed E-state index contributed by atoms with van der Waals surface area (Å²) in [5, 5.41) is 0.585. The summed E-state index contributed by atoms with van der Waals surface area (Å²) < 4.78 is 31.8. The second kappa shape index (κ2) is 9.46. The monoisotopic (exact) mass is 450 g/mol. The highest BCUT2D eigenvalue weighted by molar-refractivity contribution is 7.89. The summed E-state index contributed by atoms with van der Waals surface area (Å²) >= 11 is 5.88. The molecular formula is C20H23ClN4O4S. The van der Waals surface area contributed by atoms with Crippen LogP contribution in [0.15, 0.2) is 47.5 Å². The molecule has 1 aromatic heterocycles. The highest BCUT2D eigenvalue weighted by Crippen LogP contribution is 2.25. The number of carbonyl (C=O) groups excluding carboxylic acids is 1. The zero-order chi connectivity index (χ0) is 21.7. The fourth-order valence-electron chi connectivity index (χ4n) is 3.10. The number of benzene rings is 1. The molecule has 0 radical (unpaired) electrons. The van der Waals surface area contributed by atoms with Crippen LogP contribution < -0.4 is 14.4 Å². The minimum absolute atomic E-state index is 0.0196. The summed E-state index contributed by atoms with van der Waals surface area (Å²) in [7, 11) is -0.943. The number of methoxy groups -OCH3 is 1. The van der Waals surface area contributed by atoms with E-state index in [9.17, 15) is 13.2 Å². The average Bonchev–Trinajstić information content (AvgIpc) is 2.78. The largest absolute Gasteiger partial charge is 0.495 e. The van der Waals surface area contributed by atoms with E-state index in [0.717, 1.165) is 5.82 Å². The highest BCUT2D eigenvalue weighted by Gasteiger charge is 2.21. The Balaban J connectivity index is 1.65. The lowest BCUT2D eigenvalue weighted by molar-refractivity contribution is -0.126. The van der Waals surface area contributed by atoms with Gasteiger partial charge >= 0.3 is 0 Å². The predicted molar refractivity (Wildman–Crippen MR) is 116 cm³/mol. The molecule has 1 aliphatic heterocycles. The number of rotatable bonds is 6. The normalized spacial score (nSPS) is 14.9. The molecule has 160 valence electrons. The third-order valence-electron chi connectivity index (χ3n) is 4.79. The summed E-state index contributed by atoms with van der Waals surface area (Å²) in [6.45, 7) is 2.47. The van der Waals surface area contributed by atoms with Crippen LogP contribution in [0, 0.1) is 0 Å². The molecule has 1 fully saturated rings. The Morgan fingerprint density at radius 1 is 1.20 bits per heavy atom. The molecule has 0 saturated carbocycles. The summed E-state index contributed by atoms with van der Waals surface area (Å²) in [5.41, 5.74) is 0.585. The van der Waals surface area contributed by atoms with Gasteiger partial charge in [-0.2, -0.15) is 0 Å². The van der Waals surface area contributed by atoms with Gasteiger partial charge in [-0.15, -0.1) is 0 Å². The average molecular weight is 451 g/mol. The Kier molecular flexibility index (Phi) is 6.96. The lowest BCUT2D eigenvalue weighted by atomic mass is 10.2. The smallest absolute Gasteiger partial charge is 0.246 e. The maximum atomic E-state index is 12.6. The third-order valence-corrected chi connectivity index (χ3v) is 6.45. The third kappa shape index (κ3) is 5.10. The number of nitrogens with one attached hydrogen (secondary N) is 1. The van der Waals surface area contributed by atoms with Gasteiger partial charge in [0, 0.05) is 38.5 Å². The van der Waals surface area contributed by atoms with Crippen LogP contribution in [0.3, 0.4) is 0 Å². The first-order valence-corrected chi connectivity index (χ1v) is 11.2. The van der Waals surface area contributed by atoms with Crippen LogP contribution in [0.5, 0.6) is 5.75 Å². The molecule has 0 spiro atoms. The van der Waals surface area contributed by atoms with E-state index in [4.69, 9.17) is 16.3 Å². The first-order chi connectivity index (χ1) is 14.3. The zero-order valence-electron chi connectivity index (χ0n) is 16.7. The van der Waals surface area contributed by atoms with Crippen molar-refractivity contribution in [3.05, 3.63) is 53.2 Å². The van der Waals surface area contributed by atoms with Crippen molar-refractivity contribution in [3.63, 3.8) is 0 Å². The van der Waals surface area contributed by atoms with Crippen molar-refractivity contribution in [1.29, 1.82) is 0 Å². The van der Waals surface area contributed by atoms with E-state index in [-0.39, 0.29) is 16.6 Å². The lowest BCUT2D eigenvalue weighted by Crippen LogP contribution is -2.48. The van der Waals surface area contributed by atoms with Crippen LogP contribution in [-0.4, -0.2) is 64.5 Å². The van der Waals surface area contributed by atoms with Crippen molar-refractivity contribution >= 4 is 39.4 Å². The maximum absolute atomic E-state index is 12.6. The van der Waals surface area contributed by atoms with E-state index in [1.807, 2.05) is 6.07 Å². The summed E-state index contributed by atoms with van der Waals surface area (Å²) in [5.74, 6) is 0.936. The SMILES string of the molecule is CNS(=O)(=O)c1cc(/C=C/C(=O)N2CCN(c3ccc(Cl)cn3)CC2)ccc1OC. The van der Waals surface area contributed by atoms with Gasteiger partial charge < -0.3 is 14.5 Å². The predicted octanol–water partition coefficient (Wildman–Crippen LogP) is 2.01. The number of pyridine rings is 1. The van der Waals surface area contributed by atoms with E-state index in [1.165, 1.54) is 26.3 Å². The van der Waals surface area contributed by atoms with Crippen LogP contribution in [0.2, 0.25) is 5.02 Å². The Morgan fingerprint density at radius 3 is 2.53 bits per heavy atom. The fraction of sp³-hybridized carbons (Fsp3) is 0.300. The molecule has 2 aromatic rings. The zero-order valence-corrected chi connectivity index (χ0v) is 18.3. The molecule has 2 heterocycles. The first-order valence-electron chi connectivity index (χ1n) is 9.29. The van der Waals surface area contributed by atoms with Gasteiger partial charge in [0.15, 0.2) is 0 Å². The lowest BCUT2D eigenvalue weighted by Gasteiger charge is -2.34. The van der Waals surface area contributed by atoms with Gasteiger partial charge in [0.05, 0.1) is 12.1 Å². The molecule has 0 bridgehead atoms. The van der Waals surface area contributed by atoms with E-state index in [1.54, 1.807) is 35.4 Å². The molecule has 1 saturated heterocycles. The molecule has 3 rings (SSSR count). The van der Waals surface area contributed by atoms with Gasteiger partial charge in [-0.25, -0.2) is 18.1 Å². The first kappa shape index (κ1) is 22.1. The number of anilines is 1. The van der Waals surface area contributed by atoms with Crippen LogP contribution in [0.4, 0.5) is 5.82 Å². The van der Waals surface area contributed by atoms with Crippen molar-refractivity contribution in [2.45, 2.75) is 4.90 Å². The van der Waals surface area contributed by atoms with Crippen molar-refractivity contribution in [1.82, 2.24) is 14.6 Å². The van der Waals surface area contributed by atoms with Crippen LogP contribution in [0.25, 0.3) is 6.08 Å². The number of aromatic nitrogens is 1. The molecule has 0 unspecified atom stereocenters. The van der Waals surface area contributed by atoms with E-state index in [0.29, 0.717) is 36.8 Å². The standard InChI is InChI=1S/C20H23ClN4O4S/c1-22-30(27,28)18-13-15(3-6-17(18)29-2)4-8-20(26)25-11-9-24(10-12-25)19-7-5-16(21)14-23-19/h3-8,13-14,22H,9-12H2,1-2H3/b8-4+. The number of piperazine rings is 1. The number of ether oxygens (including phenoxy) is 1. The molecule has 1 aliphatic rings. The van der Waals surface area contributed by atoms with Crippen molar-refractivity contribution in [3.8, 4) is 5.75 Å². The molecule has 1 N–H and O–H groups in total.